The van der Waals surface area contributed by atoms with E-state index >= 15 is 0 Å². The zero-order valence-electron chi connectivity index (χ0n) is 13.6. The zero-order chi connectivity index (χ0) is 16.4. The fraction of sp³-hybridized carbons (Fsp3) is 0.471. The minimum Gasteiger partial charge on any atom is -0.357 e. The first kappa shape index (κ1) is 15.5. The smallest absolute Gasteiger partial charge is 0.242 e. The zero-order valence-corrected chi connectivity index (χ0v) is 13.6. The lowest BCUT2D eigenvalue weighted by molar-refractivity contribution is -0.141. The van der Waals surface area contributed by atoms with Crippen molar-refractivity contribution in [2.24, 2.45) is 0 Å². The van der Waals surface area contributed by atoms with Crippen molar-refractivity contribution in [1.29, 1.82) is 0 Å². The second kappa shape index (κ2) is 6.40. The molecule has 0 aromatic carbocycles. The van der Waals surface area contributed by atoms with Crippen LogP contribution in [0.15, 0.2) is 24.5 Å². The molecule has 1 aliphatic heterocycles. The highest BCUT2D eigenvalue weighted by molar-refractivity contribution is 5.88. The van der Waals surface area contributed by atoms with Crippen molar-refractivity contribution in [2.75, 3.05) is 13.6 Å². The lowest BCUT2D eigenvalue weighted by atomic mass is 10.0. The highest BCUT2D eigenvalue weighted by Gasteiger charge is 2.31. The molecule has 1 saturated heterocycles. The average Bonchev–Trinajstić information content (AvgIpc) is 2.98. The lowest BCUT2D eigenvalue weighted by Crippen LogP contribution is -2.51. The first-order valence-corrected chi connectivity index (χ1v) is 8.04. The molecule has 2 aromatic rings. The van der Waals surface area contributed by atoms with Crippen LogP contribution < -0.4 is 5.32 Å². The summed E-state index contributed by atoms with van der Waals surface area (Å²) in [6, 6.07) is 3.61. The molecule has 3 rings (SSSR count). The van der Waals surface area contributed by atoms with Crippen molar-refractivity contribution < 1.29 is 9.59 Å². The molecule has 6 heteroatoms. The van der Waals surface area contributed by atoms with Gasteiger partial charge in [0, 0.05) is 26.0 Å². The summed E-state index contributed by atoms with van der Waals surface area (Å²) < 4.78 is 1.93. The molecule has 0 aliphatic carbocycles. The van der Waals surface area contributed by atoms with Gasteiger partial charge in [0.05, 0.1) is 12.1 Å². The molecule has 23 heavy (non-hydrogen) atoms. The number of carbonyl (C=O) groups is 2. The number of likely N-dealkylation sites (tertiary alicyclic amines) is 1. The lowest BCUT2D eigenvalue weighted by Gasteiger charge is -2.34. The summed E-state index contributed by atoms with van der Waals surface area (Å²) in [6.45, 7) is 2.64. The molecular weight excluding hydrogens is 292 g/mol. The Morgan fingerprint density at radius 3 is 2.96 bits per heavy atom. The second-order valence-electron chi connectivity index (χ2n) is 6.04. The van der Waals surface area contributed by atoms with Crippen molar-refractivity contribution in [3.05, 3.63) is 35.8 Å². The van der Waals surface area contributed by atoms with E-state index in [9.17, 15) is 9.59 Å². The Kier molecular flexibility index (Phi) is 4.32. The quantitative estimate of drug-likeness (QED) is 0.929. The minimum absolute atomic E-state index is 0.0284. The van der Waals surface area contributed by atoms with Gasteiger partial charge in [-0.25, -0.2) is 4.98 Å². The maximum absolute atomic E-state index is 12.7. The van der Waals surface area contributed by atoms with Crippen LogP contribution in [0.25, 0.3) is 5.65 Å². The van der Waals surface area contributed by atoms with Crippen molar-refractivity contribution in [2.45, 2.75) is 38.6 Å². The summed E-state index contributed by atoms with van der Waals surface area (Å²) in [6.07, 6.45) is 6.71. The van der Waals surface area contributed by atoms with Crippen LogP contribution in [0.2, 0.25) is 0 Å². The fourth-order valence-electron chi connectivity index (χ4n) is 3.22. The van der Waals surface area contributed by atoms with Crippen molar-refractivity contribution in [1.82, 2.24) is 19.6 Å². The van der Waals surface area contributed by atoms with Gasteiger partial charge in [0.25, 0.3) is 0 Å². The number of hydrogen-bond donors (Lipinski definition) is 1. The van der Waals surface area contributed by atoms with E-state index in [0.717, 1.165) is 36.2 Å². The molecule has 0 radical (unpaired) electrons. The predicted molar refractivity (Wildman–Crippen MR) is 87.1 cm³/mol. The highest BCUT2D eigenvalue weighted by atomic mass is 16.2. The van der Waals surface area contributed by atoms with Crippen LogP contribution in [0.3, 0.4) is 0 Å². The van der Waals surface area contributed by atoms with Gasteiger partial charge >= 0.3 is 0 Å². The molecule has 1 N–H and O–H groups in total. The van der Waals surface area contributed by atoms with Gasteiger partial charge in [0.1, 0.15) is 11.7 Å². The summed E-state index contributed by atoms with van der Waals surface area (Å²) in [4.78, 5) is 30.9. The Labute approximate surface area is 135 Å². The molecule has 1 atom stereocenters. The van der Waals surface area contributed by atoms with Gasteiger partial charge in [-0.15, -0.1) is 0 Å². The molecule has 2 aromatic heterocycles. The Bertz CT molecular complexity index is 737. The third-order valence-corrected chi connectivity index (χ3v) is 4.43. The predicted octanol–water partition coefficient (Wildman–Crippen LogP) is 1.31. The standard InChI is InChI=1S/C17H22N4O2/c1-12-6-5-8-20-11-13(19-16(12)20)10-15(22)21-9-4-3-7-14(21)17(23)18-2/h5-6,8,11,14H,3-4,7,9-10H2,1-2H3,(H,18,23)/t14-/m1/s1. The van der Waals surface area contributed by atoms with Gasteiger partial charge in [-0.1, -0.05) is 6.07 Å². The van der Waals surface area contributed by atoms with Crippen LogP contribution in [0, 0.1) is 6.92 Å². The van der Waals surface area contributed by atoms with E-state index in [1.165, 1.54) is 0 Å². The number of nitrogens with one attached hydrogen (secondary N) is 1. The van der Waals surface area contributed by atoms with Gasteiger partial charge in [-0.05, 0) is 37.8 Å². The van der Waals surface area contributed by atoms with Crippen molar-refractivity contribution in [3.8, 4) is 0 Å². The topological polar surface area (TPSA) is 66.7 Å². The molecular formula is C17H22N4O2. The number of piperidine rings is 1. The molecule has 1 fully saturated rings. The van der Waals surface area contributed by atoms with Crippen molar-refractivity contribution >= 4 is 17.5 Å². The number of amides is 2. The first-order chi connectivity index (χ1) is 11.1. The average molecular weight is 314 g/mol. The maximum Gasteiger partial charge on any atom is 0.242 e. The Morgan fingerprint density at radius 2 is 2.22 bits per heavy atom. The largest absolute Gasteiger partial charge is 0.357 e. The molecule has 0 saturated carbocycles. The third-order valence-electron chi connectivity index (χ3n) is 4.43. The highest BCUT2D eigenvalue weighted by Crippen LogP contribution is 2.19. The number of carbonyl (C=O) groups excluding carboxylic acids is 2. The van der Waals surface area contributed by atoms with Crippen LogP contribution in [0.5, 0.6) is 0 Å². The van der Waals surface area contributed by atoms with E-state index in [2.05, 4.69) is 10.3 Å². The third kappa shape index (κ3) is 3.06. The summed E-state index contributed by atoms with van der Waals surface area (Å²) in [5, 5.41) is 2.66. The van der Waals surface area contributed by atoms with Crippen molar-refractivity contribution in [3.63, 3.8) is 0 Å². The van der Waals surface area contributed by atoms with E-state index in [4.69, 9.17) is 0 Å². The number of imidazole rings is 1. The number of nitrogens with zero attached hydrogens (tertiary/aromatic N) is 3. The number of fused-ring (bicyclic) bond motifs is 1. The van der Waals surface area contributed by atoms with Gasteiger partial charge < -0.3 is 14.6 Å². The first-order valence-electron chi connectivity index (χ1n) is 8.04. The molecule has 122 valence electrons. The normalized spacial score (nSPS) is 18.2. The van der Waals surface area contributed by atoms with Crippen LogP contribution >= 0.6 is 0 Å². The summed E-state index contributed by atoms with van der Waals surface area (Å²) in [5.41, 5.74) is 2.69. The van der Waals surface area contributed by atoms with E-state index in [-0.39, 0.29) is 24.3 Å². The van der Waals surface area contributed by atoms with Gasteiger partial charge in [0.2, 0.25) is 11.8 Å². The molecule has 0 unspecified atom stereocenters. The number of aromatic nitrogens is 2. The molecule has 1 aliphatic rings. The number of likely N-dealkylation sites (N-methyl/N-ethyl adjacent to an activating group) is 1. The van der Waals surface area contributed by atoms with Crippen LogP contribution in [0.4, 0.5) is 0 Å². The Hall–Kier alpha value is -2.37. The number of aryl methyl sites for hydroxylation is 1. The molecule has 3 heterocycles. The monoisotopic (exact) mass is 314 g/mol. The molecule has 6 nitrogen and oxygen atoms in total. The summed E-state index contributed by atoms with van der Waals surface area (Å²) in [7, 11) is 1.62. The Morgan fingerprint density at radius 1 is 1.39 bits per heavy atom. The fourth-order valence-corrected chi connectivity index (χ4v) is 3.22. The van der Waals surface area contributed by atoms with Gasteiger partial charge in [-0.2, -0.15) is 0 Å². The van der Waals surface area contributed by atoms with Gasteiger partial charge in [-0.3, -0.25) is 9.59 Å². The SMILES string of the molecule is CNC(=O)[C@H]1CCCCN1C(=O)Cc1cn2cccc(C)c2n1. The summed E-state index contributed by atoms with van der Waals surface area (Å²) >= 11 is 0. The Balaban J connectivity index is 1.78. The minimum atomic E-state index is -0.347. The van der Waals surface area contributed by atoms with Crippen LogP contribution in [-0.2, 0) is 16.0 Å². The second-order valence-corrected chi connectivity index (χ2v) is 6.04. The van der Waals surface area contributed by atoms with E-state index < -0.39 is 0 Å². The molecule has 2 amide bonds. The number of rotatable bonds is 3. The van der Waals surface area contributed by atoms with E-state index in [1.807, 2.05) is 35.9 Å². The van der Waals surface area contributed by atoms with Gasteiger partial charge in [0.15, 0.2) is 0 Å². The maximum atomic E-state index is 12.7. The van der Waals surface area contributed by atoms with E-state index in [1.54, 1.807) is 11.9 Å². The summed E-state index contributed by atoms with van der Waals surface area (Å²) in [5.74, 6) is -0.108. The number of hydrogen-bond acceptors (Lipinski definition) is 3. The van der Waals surface area contributed by atoms with Crippen LogP contribution in [-0.4, -0.2) is 45.7 Å². The molecule has 0 bridgehead atoms. The van der Waals surface area contributed by atoms with Crippen LogP contribution in [0.1, 0.15) is 30.5 Å². The molecule has 0 spiro atoms. The van der Waals surface area contributed by atoms with E-state index in [0.29, 0.717) is 6.54 Å². The number of pyridine rings is 1.